The Kier molecular flexibility index (Phi) is 3.77. The van der Waals surface area contributed by atoms with Gasteiger partial charge in [0.25, 0.3) is 0 Å². The molecule has 0 unspecified atom stereocenters. The summed E-state index contributed by atoms with van der Waals surface area (Å²) >= 11 is 0. The first-order chi connectivity index (χ1) is 6.18. The molecule has 0 aliphatic rings. The summed E-state index contributed by atoms with van der Waals surface area (Å²) in [4.78, 5) is 0. The van der Waals surface area contributed by atoms with E-state index < -0.39 is 0 Å². The third-order valence-electron chi connectivity index (χ3n) is 1.82. The topological polar surface area (TPSA) is 35.2 Å². The van der Waals surface area contributed by atoms with E-state index in [0.29, 0.717) is 6.10 Å². The van der Waals surface area contributed by atoms with E-state index in [0.717, 1.165) is 18.7 Å². The highest BCUT2D eigenvalue weighted by molar-refractivity contribution is 5.39. The van der Waals surface area contributed by atoms with Crippen molar-refractivity contribution >= 4 is 5.69 Å². The number of hydrogen-bond donors (Lipinski definition) is 1. The van der Waals surface area contributed by atoms with E-state index in [4.69, 9.17) is 10.5 Å². The number of anilines is 1. The van der Waals surface area contributed by atoms with Crippen LogP contribution < -0.4 is 5.73 Å². The van der Waals surface area contributed by atoms with Crippen LogP contribution in [0.2, 0.25) is 0 Å². The van der Waals surface area contributed by atoms with Crippen LogP contribution in [0.3, 0.4) is 0 Å². The Labute approximate surface area is 79.7 Å². The highest BCUT2D eigenvalue weighted by Gasteiger charge is 1.95. The Balaban J connectivity index is 2.33. The van der Waals surface area contributed by atoms with Crippen LogP contribution in [0.1, 0.15) is 19.4 Å². The molecule has 0 aromatic heterocycles. The minimum atomic E-state index is 0.314. The van der Waals surface area contributed by atoms with Crippen molar-refractivity contribution in [3.63, 3.8) is 0 Å². The molecule has 1 aromatic rings. The van der Waals surface area contributed by atoms with Gasteiger partial charge in [0, 0.05) is 5.69 Å². The van der Waals surface area contributed by atoms with Crippen LogP contribution in [-0.4, -0.2) is 12.7 Å². The molecule has 2 nitrogen and oxygen atoms in total. The zero-order valence-electron chi connectivity index (χ0n) is 8.29. The van der Waals surface area contributed by atoms with Gasteiger partial charge in [-0.1, -0.05) is 12.1 Å². The Morgan fingerprint density at radius 1 is 1.23 bits per heavy atom. The molecule has 0 fully saturated rings. The minimum Gasteiger partial charge on any atom is -0.399 e. The molecule has 0 radical (unpaired) electrons. The summed E-state index contributed by atoms with van der Waals surface area (Å²) in [6.45, 7) is 4.87. The van der Waals surface area contributed by atoms with Crippen molar-refractivity contribution in [1.29, 1.82) is 0 Å². The first-order valence-corrected chi connectivity index (χ1v) is 4.64. The molecule has 1 aromatic carbocycles. The van der Waals surface area contributed by atoms with Gasteiger partial charge in [-0.05, 0) is 38.0 Å². The highest BCUT2D eigenvalue weighted by Crippen LogP contribution is 2.06. The molecule has 0 bridgehead atoms. The third kappa shape index (κ3) is 3.95. The molecule has 0 aliphatic carbocycles. The second kappa shape index (κ2) is 4.87. The second-order valence-corrected chi connectivity index (χ2v) is 3.41. The Hall–Kier alpha value is -1.02. The molecular weight excluding hydrogens is 162 g/mol. The largest absolute Gasteiger partial charge is 0.399 e. The molecule has 72 valence electrons. The fourth-order valence-electron chi connectivity index (χ4n) is 1.10. The van der Waals surface area contributed by atoms with Crippen molar-refractivity contribution in [2.75, 3.05) is 12.3 Å². The number of hydrogen-bond acceptors (Lipinski definition) is 2. The summed E-state index contributed by atoms with van der Waals surface area (Å²) in [5, 5.41) is 0. The van der Waals surface area contributed by atoms with E-state index in [2.05, 4.69) is 0 Å². The second-order valence-electron chi connectivity index (χ2n) is 3.41. The average Bonchev–Trinajstić information content (AvgIpc) is 2.08. The molecule has 0 spiro atoms. The van der Waals surface area contributed by atoms with Crippen LogP contribution in [0.5, 0.6) is 0 Å². The van der Waals surface area contributed by atoms with Gasteiger partial charge in [0.15, 0.2) is 0 Å². The van der Waals surface area contributed by atoms with Crippen molar-refractivity contribution in [2.45, 2.75) is 26.4 Å². The Morgan fingerprint density at radius 3 is 2.38 bits per heavy atom. The van der Waals surface area contributed by atoms with Crippen molar-refractivity contribution in [3.05, 3.63) is 29.8 Å². The van der Waals surface area contributed by atoms with E-state index in [1.54, 1.807) is 0 Å². The van der Waals surface area contributed by atoms with Crippen LogP contribution in [0.15, 0.2) is 24.3 Å². The van der Waals surface area contributed by atoms with Crippen LogP contribution in [0.4, 0.5) is 5.69 Å². The van der Waals surface area contributed by atoms with Gasteiger partial charge in [-0.2, -0.15) is 0 Å². The summed E-state index contributed by atoms with van der Waals surface area (Å²) in [7, 11) is 0. The average molecular weight is 179 g/mol. The lowest BCUT2D eigenvalue weighted by molar-refractivity contribution is 0.0813. The van der Waals surface area contributed by atoms with Crippen LogP contribution in [0.25, 0.3) is 0 Å². The Morgan fingerprint density at radius 2 is 1.85 bits per heavy atom. The first-order valence-electron chi connectivity index (χ1n) is 4.64. The van der Waals surface area contributed by atoms with Crippen molar-refractivity contribution in [2.24, 2.45) is 0 Å². The van der Waals surface area contributed by atoms with Gasteiger partial charge in [0.05, 0.1) is 12.7 Å². The molecule has 0 heterocycles. The smallest absolute Gasteiger partial charge is 0.0519 e. The first kappa shape index (κ1) is 10.1. The normalized spacial score (nSPS) is 10.7. The maximum Gasteiger partial charge on any atom is 0.0519 e. The van der Waals surface area contributed by atoms with Gasteiger partial charge in [-0.3, -0.25) is 0 Å². The number of benzene rings is 1. The zero-order chi connectivity index (χ0) is 9.68. The van der Waals surface area contributed by atoms with E-state index in [9.17, 15) is 0 Å². The predicted octanol–water partition coefficient (Wildman–Crippen LogP) is 2.24. The van der Waals surface area contributed by atoms with E-state index >= 15 is 0 Å². The molecule has 0 saturated heterocycles. The third-order valence-corrected chi connectivity index (χ3v) is 1.82. The van der Waals surface area contributed by atoms with Gasteiger partial charge in [-0.15, -0.1) is 0 Å². The van der Waals surface area contributed by atoms with Gasteiger partial charge < -0.3 is 10.5 Å². The summed E-state index contributed by atoms with van der Waals surface area (Å²) < 4.78 is 5.44. The highest BCUT2D eigenvalue weighted by atomic mass is 16.5. The lowest BCUT2D eigenvalue weighted by Gasteiger charge is -2.07. The fourth-order valence-corrected chi connectivity index (χ4v) is 1.10. The monoisotopic (exact) mass is 179 g/mol. The number of rotatable bonds is 4. The summed E-state index contributed by atoms with van der Waals surface area (Å²) in [6.07, 6.45) is 1.27. The van der Waals surface area contributed by atoms with Crippen molar-refractivity contribution in [1.82, 2.24) is 0 Å². The lowest BCUT2D eigenvalue weighted by Crippen LogP contribution is -2.05. The van der Waals surface area contributed by atoms with E-state index in [1.807, 2.05) is 38.1 Å². The lowest BCUT2D eigenvalue weighted by atomic mass is 10.1. The van der Waals surface area contributed by atoms with E-state index in [1.165, 1.54) is 5.56 Å². The zero-order valence-corrected chi connectivity index (χ0v) is 8.29. The molecule has 13 heavy (non-hydrogen) atoms. The quantitative estimate of drug-likeness (QED) is 0.719. The van der Waals surface area contributed by atoms with Crippen molar-refractivity contribution < 1.29 is 4.74 Å². The molecule has 0 amide bonds. The van der Waals surface area contributed by atoms with Crippen molar-refractivity contribution in [3.8, 4) is 0 Å². The van der Waals surface area contributed by atoms with Gasteiger partial charge >= 0.3 is 0 Å². The summed E-state index contributed by atoms with van der Waals surface area (Å²) in [6, 6.07) is 7.92. The predicted molar refractivity (Wildman–Crippen MR) is 55.6 cm³/mol. The maximum absolute atomic E-state index is 5.57. The summed E-state index contributed by atoms with van der Waals surface area (Å²) in [5.41, 5.74) is 7.66. The van der Waals surface area contributed by atoms with Crippen LogP contribution in [0, 0.1) is 0 Å². The van der Waals surface area contributed by atoms with Gasteiger partial charge in [0.2, 0.25) is 0 Å². The summed E-state index contributed by atoms with van der Waals surface area (Å²) in [5.74, 6) is 0. The number of nitrogens with two attached hydrogens (primary N) is 1. The SMILES string of the molecule is CC(C)OCCc1ccc(N)cc1. The molecule has 0 atom stereocenters. The molecule has 2 N–H and O–H groups in total. The fraction of sp³-hybridized carbons (Fsp3) is 0.455. The van der Waals surface area contributed by atoms with Gasteiger partial charge in [0.1, 0.15) is 0 Å². The Bertz CT molecular complexity index is 241. The molecule has 0 aliphatic heterocycles. The van der Waals surface area contributed by atoms with Gasteiger partial charge in [-0.25, -0.2) is 0 Å². The standard InChI is InChI=1S/C11H17NO/c1-9(2)13-8-7-10-3-5-11(12)6-4-10/h3-6,9H,7-8,12H2,1-2H3. The molecular formula is C11H17NO. The molecule has 1 rings (SSSR count). The minimum absolute atomic E-state index is 0.314. The van der Waals surface area contributed by atoms with E-state index in [-0.39, 0.29) is 0 Å². The maximum atomic E-state index is 5.57. The number of ether oxygens (including phenoxy) is 1. The van der Waals surface area contributed by atoms with Crippen LogP contribution in [-0.2, 0) is 11.2 Å². The molecule has 2 heteroatoms. The number of nitrogen functional groups attached to an aromatic ring is 1. The molecule has 0 saturated carbocycles. The van der Waals surface area contributed by atoms with Crippen LogP contribution >= 0.6 is 0 Å².